The molecule has 0 bridgehead atoms. The number of halogens is 2. The van der Waals surface area contributed by atoms with Crippen molar-refractivity contribution in [3.8, 4) is 0 Å². The molecule has 3 rings (SSSR count). The van der Waals surface area contributed by atoms with E-state index in [-0.39, 0.29) is 22.5 Å². The molecule has 5 nitrogen and oxygen atoms in total. The quantitative estimate of drug-likeness (QED) is 0.618. The van der Waals surface area contributed by atoms with Gasteiger partial charge in [0, 0.05) is 36.8 Å². The van der Waals surface area contributed by atoms with Gasteiger partial charge < -0.3 is 9.80 Å². The Bertz CT molecular complexity index is 771. The third-order valence-corrected chi connectivity index (χ3v) is 4.50. The maximum absolute atomic E-state index is 14.1. The van der Waals surface area contributed by atoms with Gasteiger partial charge >= 0.3 is 0 Å². The minimum absolute atomic E-state index is 0.00919. The molecule has 0 saturated carbocycles. The summed E-state index contributed by atoms with van der Waals surface area (Å²) in [6.45, 7) is 3.71. The fourth-order valence-corrected chi connectivity index (χ4v) is 3.29. The zero-order chi connectivity index (χ0) is 17.3. The van der Waals surface area contributed by atoms with Crippen molar-refractivity contribution in [1.29, 1.82) is 0 Å². The monoisotopic (exact) mass is 349 g/mol. The maximum Gasteiger partial charge on any atom is 0.292 e. The lowest BCUT2D eigenvalue weighted by Gasteiger charge is -2.42. The molecule has 1 aliphatic rings. The van der Waals surface area contributed by atoms with Crippen molar-refractivity contribution in [2.24, 2.45) is 0 Å². The Kier molecular flexibility index (Phi) is 4.57. The van der Waals surface area contributed by atoms with Crippen LogP contribution in [0.4, 0.5) is 21.5 Å². The summed E-state index contributed by atoms with van der Waals surface area (Å²) in [5.41, 5.74) is 1.20. The minimum atomic E-state index is -0.368. The average molecular weight is 350 g/mol. The molecular formula is C17H17ClFN3O2. The Morgan fingerprint density at radius 2 is 1.96 bits per heavy atom. The number of benzene rings is 2. The Hall–Kier alpha value is -2.34. The number of para-hydroxylation sites is 2. The fourth-order valence-electron chi connectivity index (χ4n) is 3.13. The average Bonchev–Trinajstić information content (AvgIpc) is 2.54. The Morgan fingerprint density at radius 3 is 2.62 bits per heavy atom. The van der Waals surface area contributed by atoms with E-state index in [2.05, 4.69) is 0 Å². The van der Waals surface area contributed by atoms with Crippen LogP contribution >= 0.6 is 11.6 Å². The third kappa shape index (κ3) is 3.14. The van der Waals surface area contributed by atoms with E-state index in [0.29, 0.717) is 36.0 Å². The van der Waals surface area contributed by atoms with Crippen LogP contribution in [-0.2, 0) is 0 Å². The lowest BCUT2D eigenvalue weighted by atomic mass is 10.1. The van der Waals surface area contributed by atoms with Crippen LogP contribution in [0, 0.1) is 15.9 Å². The van der Waals surface area contributed by atoms with Crippen molar-refractivity contribution in [2.45, 2.75) is 13.0 Å². The maximum atomic E-state index is 14.1. The molecule has 1 fully saturated rings. The Morgan fingerprint density at radius 1 is 1.21 bits per heavy atom. The second kappa shape index (κ2) is 6.65. The molecule has 1 saturated heterocycles. The predicted molar refractivity (Wildman–Crippen MR) is 93.5 cm³/mol. The first-order valence-electron chi connectivity index (χ1n) is 7.67. The van der Waals surface area contributed by atoms with E-state index in [1.807, 2.05) is 16.7 Å². The van der Waals surface area contributed by atoms with Crippen LogP contribution in [0.5, 0.6) is 0 Å². The lowest BCUT2D eigenvalue weighted by Crippen LogP contribution is -2.52. The molecule has 7 heteroatoms. The fraction of sp³-hybridized carbons (Fsp3) is 0.294. The van der Waals surface area contributed by atoms with E-state index in [1.54, 1.807) is 30.3 Å². The first-order chi connectivity index (χ1) is 11.5. The third-order valence-electron chi connectivity index (χ3n) is 4.27. The minimum Gasteiger partial charge on any atom is -0.365 e. The second-order valence-electron chi connectivity index (χ2n) is 5.83. The number of nitro benzene ring substituents is 1. The van der Waals surface area contributed by atoms with E-state index >= 15 is 0 Å². The number of nitro groups is 1. The SMILES string of the molecule is CC1CN(c2ccc(Cl)cc2F)CCN1c1ccccc1[N+](=O)[O-]. The first kappa shape index (κ1) is 16.5. The topological polar surface area (TPSA) is 49.6 Å². The smallest absolute Gasteiger partial charge is 0.292 e. The standard InChI is InChI=1S/C17H17ClFN3O2/c1-12-11-20(15-7-6-13(18)10-14(15)19)8-9-21(12)16-4-2-3-5-17(16)22(23)24/h2-7,10,12H,8-9,11H2,1H3. The highest BCUT2D eigenvalue weighted by Gasteiger charge is 2.29. The van der Waals surface area contributed by atoms with Crippen molar-refractivity contribution in [3.63, 3.8) is 0 Å². The van der Waals surface area contributed by atoms with Gasteiger partial charge in [-0.15, -0.1) is 0 Å². The van der Waals surface area contributed by atoms with Gasteiger partial charge in [-0.25, -0.2) is 4.39 Å². The molecular weight excluding hydrogens is 333 g/mol. The van der Waals surface area contributed by atoms with E-state index in [4.69, 9.17) is 11.6 Å². The van der Waals surface area contributed by atoms with Crippen LogP contribution in [0.15, 0.2) is 42.5 Å². The molecule has 0 radical (unpaired) electrons. The van der Waals surface area contributed by atoms with Gasteiger partial charge in [-0.2, -0.15) is 0 Å². The number of piperazine rings is 1. The van der Waals surface area contributed by atoms with Gasteiger partial charge in [0.25, 0.3) is 5.69 Å². The van der Waals surface area contributed by atoms with Crippen molar-refractivity contribution < 1.29 is 9.31 Å². The first-order valence-corrected chi connectivity index (χ1v) is 8.05. The van der Waals surface area contributed by atoms with Crippen LogP contribution < -0.4 is 9.80 Å². The molecule has 0 aliphatic carbocycles. The number of nitrogens with zero attached hydrogens (tertiary/aromatic N) is 3. The van der Waals surface area contributed by atoms with Gasteiger partial charge in [0.2, 0.25) is 0 Å². The van der Waals surface area contributed by atoms with E-state index in [1.165, 1.54) is 12.1 Å². The van der Waals surface area contributed by atoms with Gasteiger partial charge in [0.05, 0.1) is 10.6 Å². The lowest BCUT2D eigenvalue weighted by molar-refractivity contribution is -0.384. The number of hydrogen-bond donors (Lipinski definition) is 0. The van der Waals surface area contributed by atoms with Crippen molar-refractivity contribution in [2.75, 3.05) is 29.4 Å². The summed E-state index contributed by atoms with van der Waals surface area (Å²) in [5, 5.41) is 11.6. The van der Waals surface area contributed by atoms with Crippen LogP contribution in [-0.4, -0.2) is 30.6 Å². The summed E-state index contributed by atoms with van der Waals surface area (Å²) < 4.78 is 14.1. The van der Waals surface area contributed by atoms with Gasteiger partial charge in [-0.1, -0.05) is 23.7 Å². The van der Waals surface area contributed by atoms with E-state index in [0.717, 1.165) is 0 Å². The number of anilines is 2. The Balaban J connectivity index is 1.82. The molecule has 1 aliphatic heterocycles. The molecule has 0 aromatic heterocycles. The zero-order valence-electron chi connectivity index (χ0n) is 13.2. The molecule has 24 heavy (non-hydrogen) atoms. The van der Waals surface area contributed by atoms with Gasteiger partial charge in [0.15, 0.2) is 0 Å². The largest absolute Gasteiger partial charge is 0.365 e. The van der Waals surface area contributed by atoms with Gasteiger partial charge in [-0.05, 0) is 31.2 Å². The number of hydrogen-bond acceptors (Lipinski definition) is 4. The van der Waals surface area contributed by atoms with Crippen LogP contribution in [0.3, 0.4) is 0 Å². The Labute approximate surface area is 144 Å². The molecule has 126 valence electrons. The van der Waals surface area contributed by atoms with E-state index < -0.39 is 0 Å². The van der Waals surface area contributed by atoms with Gasteiger partial charge in [-0.3, -0.25) is 10.1 Å². The van der Waals surface area contributed by atoms with Crippen molar-refractivity contribution in [3.05, 3.63) is 63.4 Å². The van der Waals surface area contributed by atoms with E-state index in [9.17, 15) is 14.5 Å². The van der Waals surface area contributed by atoms with Crippen LogP contribution in [0.25, 0.3) is 0 Å². The summed E-state index contributed by atoms with van der Waals surface area (Å²) in [4.78, 5) is 14.8. The van der Waals surface area contributed by atoms with Crippen LogP contribution in [0.2, 0.25) is 5.02 Å². The predicted octanol–water partition coefficient (Wildman–Crippen LogP) is 4.10. The second-order valence-corrected chi connectivity index (χ2v) is 6.27. The highest BCUT2D eigenvalue weighted by Crippen LogP contribution is 2.32. The molecule has 2 aromatic carbocycles. The summed E-state index contributed by atoms with van der Waals surface area (Å²) in [5.74, 6) is -0.353. The summed E-state index contributed by atoms with van der Waals surface area (Å²) in [6, 6.07) is 11.4. The molecule has 2 aromatic rings. The van der Waals surface area contributed by atoms with Gasteiger partial charge in [0.1, 0.15) is 11.5 Å². The van der Waals surface area contributed by atoms with Crippen molar-refractivity contribution >= 4 is 28.7 Å². The number of rotatable bonds is 3. The van der Waals surface area contributed by atoms with Crippen molar-refractivity contribution in [1.82, 2.24) is 0 Å². The summed E-state index contributed by atoms with van der Waals surface area (Å²) in [6.07, 6.45) is 0. The summed E-state index contributed by atoms with van der Waals surface area (Å²) >= 11 is 5.80. The molecule has 0 amide bonds. The highest BCUT2D eigenvalue weighted by atomic mass is 35.5. The summed E-state index contributed by atoms with van der Waals surface area (Å²) in [7, 11) is 0. The molecule has 0 N–H and O–H groups in total. The molecule has 1 unspecified atom stereocenters. The molecule has 1 heterocycles. The highest BCUT2D eigenvalue weighted by molar-refractivity contribution is 6.30. The normalized spacial score (nSPS) is 17.9. The molecule has 1 atom stereocenters. The molecule has 0 spiro atoms. The zero-order valence-corrected chi connectivity index (χ0v) is 13.9. The van der Waals surface area contributed by atoms with Crippen LogP contribution in [0.1, 0.15) is 6.92 Å².